The molecule has 0 saturated carbocycles. The number of aromatic nitrogens is 3. The highest BCUT2D eigenvalue weighted by molar-refractivity contribution is 6.06. The highest BCUT2D eigenvalue weighted by Crippen LogP contribution is 2.25. The zero-order valence-corrected chi connectivity index (χ0v) is 24.3. The van der Waals surface area contributed by atoms with Gasteiger partial charge in [-0.05, 0) is 103 Å². The topological polar surface area (TPSA) is 104 Å². The summed E-state index contributed by atoms with van der Waals surface area (Å²) in [6.07, 6.45) is 5.05. The third-order valence-corrected chi connectivity index (χ3v) is 8.31. The minimum atomic E-state index is -0.220. The zero-order chi connectivity index (χ0) is 30.2. The van der Waals surface area contributed by atoms with Crippen LogP contribution < -0.4 is 15.5 Å². The van der Waals surface area contributed by atoms with Crippen molar-refractivity contribution in [3.63, 3.8) is 0 Å². The highest BCUT2D eigenvalue weighted by atomic mass is 16.3. The predicted molar refractivity (Wildman–Crippen MR) is 174 cm³/mol. The van der Waals surface area contributed by atoms with Crippen LogP contribution in [0, 0.1) is 0 Å². The number of fused-ring (bicyclic) bond motifs is 2. The zero-order valence-electron chi connectivity index (χ0n) is 24.3. The minimum Gasteiger partial charge on any atom is -0.393 e. The predicted octanol–water partition coefficient (Wildman–Crippen LogP) is 5.98. The molecule has 9 heteroatoms. The van der Waals surface area contributed by atoms with Crippen LogP contribution in [0.15, 0.2) is 103 Å². The molecule has 220 valence electrons. The molecule has 3 N–H and O–H groups in total. The Morgan fingerprint density at radius 3 is 2.16 bits per heavy atom. The lowest BCUT2D eigenvalue weighted by Crippen LogP contribution is -2.35. The van der Waals surface area contributed by atoms with E-state index in [0.717, 1.165) is 59.1 Å². The van der Waals surface area contributed by atoms with Gasteiger partial charge in [0.1, 0.15) is 0 Å². The van der Waals surface area contributed by atoms with E-state index in [4.69, 9.17) is 0 Å². The van der Waals surface area contributed by atoms with E-state index in [1.807, 2.05) is 113 Å². The highest BCUT2D eigenvalue weighted by Gasteiger charge is 2.18. The Morgan fingerprint density at radius 1 is 0.727 bits per heavy atom. The Bertz CT molecular complexity index is 1980. The van der Waals surface area contributed by atoms with Crippen molar-refractivity contribution < 1.29 is 14.7 Å². The standard InChI is InChI=1S/C35H32N6O3/c1-39-17-14-23-2-3-25(21-33(23)39)35(44)37-27-6-11-30(12-7-27)41-32-13-8-28(20-26(32)22-36-41)38-34(43)24-4-9-29(10-5-24)40-18-15-31(42)16-19-40/h2-14,17,20-22,31,42H,15-16,18-19H2,1H3,(H,37,44)(H,38,43). The van der Waals surface area contributed by atoms with Crippen LogP contribution in [0.3, 0.4) is 0 Å². The van der Waals surface area contributed by atoms with Gasteiger partial charge in [0, 0.05) is 65.4 Å². The Balaban J connectivity index is 1.01. The van der Waals surface area contributed by atoms with E-state index < -0.39 is 0 Å². The summed E-state index contributed by atoms with van der Waals surface area (Å²) in [4.78, 5) is 28.1. The summed E-state index contributed by atoms with van der Waals surface area (Å²) in [6.45, 7) is 1.63. The Labute approximate surface area is 254 Å². The van der Waals surface area contributed by atoms with Crippen molar-refractivity contribution in [3.05, 3.63) is 115 Å². The third kappa shape index (κ3) is 5.41. The largest absolute Gasteiger partial charge is 0.393 e. The maximum Gasteiger partial charge on any atom is 0.255 e. The number of carbonyl (C=O) groups is 2. The molecule has 4 aromatic carbocycles. The molecule has 9 nitrogen and oxygen atoms in total. The number of benzene rings is 4. The molecule has 0 atom stereocenters. The third-order valence-electron chi connectivity index (χ3n) is 8.31. The van der Waals surface area contributed by atoms with Crippen molar-refractivity contribution in [2.75, 3.05) is 28.6 Å². The van der Waals surface area contributed by atoms with Crippen LogP contribution in [0.1, 0.15) is 33.6 Å². The molecule has 3 heterocycles. The second-order valence-corrected chi connectivity index (χ2v) is 11.3. The van der Waals surface area contributed by atoms with Crippen LogP contribution in [0.4, 0.5) is 17.1 Å². The molecule has 0 spiro atoms. The number of nitrogens with one attached hydrogen (secondary N) is 2. The van der Waals surface area contributed by atoms with Gasteiger partial charge < -0.3 is 25.2 Å². The molecule has 0 radical (unpaired) electrons. The second-order valence-electron chi connectivity index (χ2n) is 11.3. The molecule has 2 amide bonds. The lowest BCUT2D eigenvalue weighted by atomic mass is 10.1. The number of hydrogen-bond acceptors (Lipinski definition) is 5. The first-order valence-electron chi connectivity index (χ1n) is 14.7. The second kappa shape index (κ2) is 11.3. The summed E-state index contributed by atoms with van der Waals surface area (Å²) < 4.78 is 3.82. The molecular weight excluding hydrogens is 552 g/mol. The van der Waals surface area contributed by atoms with Gasteiger partial charge in [0.15, 0.2) is 0 Å². The summed E-state index contributed by atoms with van der Waals surface area (Å²) in [7, 11) is 1.96. The van der Waals surface area contributed by atoms with E-state index in [-0.39, 0.29) is 17.9 Å². The summed E-state index contributed by atoms with van der Waals surface area (Å²) in [5.41, 5.74) is 6.36. The van der Waals surface area contributed by atoms with Crippen molar-refractivity contribution in [2.45, 2.75) is 18.9 Å². The summed E-state index contributed by atoms with van der Waals surface area (Å²) >= 11 is 0. The molecule has 7 rings (SSSR count). The number of nitrogens with zero attached hydrogens (tertiary/aromatic N) is 4. The van der Waals surface area contributed by atoms with E-state index in [0.29, 0.717) is 22.5 Å². The molecule has 1 aliphatic rings. The van der Waals surface area contributed by atoms with Gasteiger partial charge in [-0.25, -0.2) is 4.68 Å². The summed E-state index contributed by atoms with van der Waals surface area (Å²) in [5.74, 6) is -0.350. The van der Waals surface area contributed by atoms with E-state index in [2.05, 4.69) is 20.6 Å². The minimum absolute atomic E-state index is 0.168. The van der Waals surface area contributed by atoms with E-state index in [9.17, 15) is 14.7 Å². The number of anilines is 3. The molecule has 1 saturated heterocycles. The average molecular weight is 585 g/mol. The molecule has 44 heavy (non-hydrogen) atoms. The van der Waals surface area contributed by atoms with Crippen LogP contribution in [0.25, 0.3) is 27.5 Å². The smallest absolute Gasteiger partial charge is 0.255 e. The van der Waals surface area contributed by atoms with Gasteiger partial charge in [0.25, 0.3) is 11.8 Å². The number of aliphatic hydroxyl groups is 1. The Hall–Kier alpha value is -5.41. The van der Waals surface area contributed by atoms with Gasteiger partial charge in [-0.1, -0.05) is 6.07 Å². The van der Waals surface area contributed by atoms with Crippen molar-refractivity contribution in [2.24, 2.45) is 7.05 Å². The first-order valence-corrected chi connectivity index (χ1v) is 14.7. The van der Waals surface area contributed by atoms with Crippen LogP contribution in [-0.4, -0.2) is 50.5 Å². The van der Waals surface area contributed by atoms with Gasteiger partial charge in [0.05, 0.1) is 23.5 Å². The number of piperidine rings is 1. The number of aliphatic hydroxyl groups excluding tert-OH is 1. The molecule has 1 aliphatic heterocycles. The Morgan fingerprint density at radius 2 is 1.39 bits per heavy atom. The Kier molecular flexibility index (Phi) is 7.07. The molecule has 0 aliphatic carbocycles. The summed E-state index contributed by atoms with van der Waals surface area (Å²) in [5, 5.41) is 22.3. The monoisotopic (exact) mass is 584 g/mol. The van der Waals surface area contributed by atoms with Gasteiger partial charge in [-0.2, -0.15) is 5.10 Å². The molecule has 0 unspecified atom stereocenters. The van der Waals surface area contributed by atoms with Crippen molar-refractivity contribution in [1.82, 2.24) is 14.3 Å². The first-order chi connectivity index (χ1) is 21.4. The van der Waals surface area contributed by atoms with Crippen molar-refractivity contribution in [3.8, 4) is 5.69 Å². The van der Waals surface area contributed by atoms with Crippen LogP contribution in [0.2, 0.25) is 0 Å². The van der Waals surface area contributed by atoms with Crippen LogP contribution in [0.5, 0.6) is 0 Å². The van der Waals surface area contributed by atoms with Crippen molar-refractivity contribution >= 4 is 50.7 Å². The van der Waals surface area contributed by atoms with Gasteiger partial charge in [0.2, 0.25) is 0 Å². The average Bonchev–Trinajstić information content (AvgIpc) is 3.64. The SMILES string of the molecule is Cn1ccc2ccc(C(=O)Nc3ccc(-n4ncc5cc(NC(=O)c6ccc(N7CCC(O)CC7)cc6)ccc54)cc3)cc21. The van der Waals surface area contributed by atoms with E-state index in [1.54, 1.807) is 6.20 Å². The van der Waals surface area contributed by atoms with Crippen molar-refractivity contribution in [1.29, 1.82) is 0 Å². The summed E-state index contributed by atoms with van der Waals surface area (Å²) in [6, 6.07) is 28.5. The van der Waals surface area contributed by atoms with Crippen LogP contribution in [-0.2, 0) is 7.05 Å². The van der Waals surface area contributed by atoms with E-state index >= 15 is 0 Å². The number of rotatable bonds is 6. The lowest BCUT2D eigenvalue weighted by molar-refractivity contribution is 0.101. The molecule has 2 aromatic heterocycles. The maximum atomic E-state index is 13.0. The lowest BCUT2D eigenvalue weighted by Gasteiger charge is -2.31. The normalized spacial score (nSPS) is 13.8. The van der Waals surface area contributed by atoms with Gasteiger partial charge >= 0.3 is 0 Å². The van der Waals surface area contributed by atoms with E-state index in [1.165, 1.54) is 0 Å². The van der Waals surface area contributed by atoms with Crippen LogP contribution >= 0.6 is 0 Å². The molecule has 0 bridgehead atoms. The maximum absolute atomic E-state index is 13.0. The first kappa shape index (κ1) is 27.4. The molecule has 1 fully saturated rings. The molecular formula is C35H32N6O3. The van der Waals surface area contributed by atoms with Gasteiger partial charge in [-0.15, -0.1) is 0 Å². The fraction of sp³-hybridized carbons (Fsp3) is 0.171. The molecule has 6 aromatic rings. The fourth-order valence-electron chi connectivity index (χ4n) is 5.76. The van der Waals surface area contributed by atoms with Gasteiger partial charge in [-0.3, -0.25) is 9.59 Å². The number of hydrogen-bond donors (Lipinski definition) is 3. The fourth-order valence-corrected chi connectivity index (χ4v) is 5.76. The number of amides is 2. The number of aryl methyl sites for hydroxylation is 1. The number of carbonyl (C=O) groups excluding carboxylic acids is 2. The quantitative estimate of drug-likeness (QED) is 0.223.